The molecule has 0 unspecified atom stereocenters. The van der Waals surface area contributed by atoms with Crippen LogP contribution >= 0.6 is 0 Å². The number of hydrogen-bond acceptors (Lipinski definition) is 1. The summed E-state index contributed by atoms with van der Waals surface area (Å²) in [6.07, 6.45) is 18.4. The lowest BCUT2D eigenvalue weighted by Crippen LogP contribution is -2.01. The van der Waals surface area contributed by atoms with Crippen LogP contribution in [0.15, 0.2) is 60.9 Å². The molecule has 0 aromatic rings. The van der Waals surface area contributed by atoms with Crippen LogP contribution in [0.25, 0.3) is 0 Å². The molecule has 0 aromatic heterocycles. The third kappa shape index (κ3) is 9.07. The van der Waals surface area contributed by atoms with Crippen molar-refractivity contribution in [3.05, 3.63) is 60.9 Å². The average Bonchev–Trinajstić information content (AvgIpc) is 2.29. The van der Waals surface area contributed by atoms with Gasteiger partial charge in [-0.2, -0.15) is 0 Å². The van der Waals surface area contributed by atoms with Gasteiger partial charge in [0, 0.05) is 6.54 Å². The van der Waals surface area contributed by atoms with Crippen molar-refractivity contribution in [2.45, 2.75) is 26.7 Å². The molecule has 0 saturated heterocycles. The smallest absolute Gasteiger partial charge is 0.0113 e. The van der Waals surface area contributed by atoms with Gasteiger partial charge in [0.15, 0.2) is 0 Å². The van der Waals surface area contributed by atoms with Crippen molar-refractivity contribution >= 4 is 0 Å². The first-order valence-electron chi connectivity index (χ1n) is 5.88. The van der Waals surface area contributed by atoms with Crippen LogP contribution in [0.1, 0.15) is 26.7 Å². The summed E-state index contributed by atoms with van der Waals surface area (Å²) in [5, 5.41) is 3.15. The van der Waals surface area contributed by atoms with E-state index in [-0.39, 0.29) is 0 Å². The molecular formula is C15H23N. The van der Waals surface area contributed by atoms with Crippen molar-refractivity contribution in [3.63, 3.8) is 0 Å². The highest BCUT2D eigenvalue weighted by molar-refractivity contribution is 5.25. The molecular weight excluding hydrogens is 194 g/mol. The molecule has 0 spiro atoms. The maximum Gasteiger partial charge on any atom is 0.0113 e. The Labute approximate surface area is 100.0 Å². The standard InChI is InChI=1S/C15H23N/c1-4-7-8-9-10-12-15(11-5-2)13-14-16-6-3/h5,7-11,13-14,16H,2,4,6,12H2,1,3H3/b8-7-,10-9-,14-13-,15-11-. The number of rotatable bonds is 8. The van der Waals surface area contributed by atoms with Gasteiger partial charge in [-0.3, -0.25) is 0 Å². The number of allylic oxidation sites excluding steroid dienone is 8. The first kappa shape index (κ1) is 14.5. The summed E-state index contributed by atoms with van der Waals surface area (Å²) in [5.41, 5.74) is 1.25. The van der Waals surface area contributed by atoms with Crippen LogP contribution in [0.3, 0.4) is 0 Å². The second kappa shape index (κ2) is 11.6. The molecule has 0 amide bonds. The van der Waals surface area contributed by atoms with Gasteiger partial charge in [-0.25, -0.2) is 0 Å². The van der Waals surface area contributed by atoms with Gasteiger partial charge in [-0.05, 0) is 37.6 Å². The fourth-order valence-corrected chi connectivity index (χ4v) is 1.12. The summed E-state index contributed by atoms with van der Waals surface area (Å²) in [6, 6.07) is 0. The maximum absolute atomic E-state index is 3.72. The highest BCUT2D eigenvalue weighted by Crippen LogP contribution is 2.04. The number of nitrogens with one attached hydrogen (secondary N) is 1. The summed E-state index contributed by atoms with van der Waals surface area (Å²) >= 11 is 0. The SMILES string of the molecule is C=C/C=C(\C=C/NCC)C/C=C\C=C/CC. The van der Waals surface area contributed by atoms with Gasteiger partial charge in [-0.1, -0.05) is 50.0 Å². The highest BCUT2D eigenvalue weighted by Gasteiger charge is 1.86. The zero-order valence-corrected chi connectivity index (χ0v) is 10.4. The lowest BCUT2D eigenvalue weighted by Gasteiger charge is -1.96. The van der Waals surface area contributed by atoms with Gasteiger partial charge in [-0.15, -0.1) is 0 Å². The number of hydrogen-bond donors (Lipinski definition) is 1. The molecule has 1 nitrogen and oxygen atoms in total. The third-order valence-corrected chi connectivity index (χ3v) is 1.92. The molecule has 16 heavy (non-hydrogen) atoms. The van der Waals surface area contributed by atoms with Crippen LogP contribution in [0.2, 0.25) is 0 Å². The van der Waals surface area contributed by atoms with E-state index in [0.717, 1.165) is 19.4 Å². The molecule has 0 aliphatic heterocycles. The lowest BCUT2D eigenvalue weighted by molar-refractivity contribution is 0.917. The molecule has 0 radical (unpaired) electrons. The van der Waals surface area contributed by atoms with Crippen molar-refractivity contribution in [2.75, 3.05) is 6.54 Å². The van der Waals surface area contributed by atoms with Gasteiger partial charge < -0.3 is 5.32 Å². The summed E-state index contributed by atoms with van der Waals surface area (Å²) in [4.78, 5) is 0. The zero-order valence-electron chi connectivity index (χ0n) is 10.4. The molecule has 0 rings (SSSR count). The largest absolute Gasteiger partial charge is 0.391 e. The first-order valence-corrected chi connectivity index (χ1v) is 5.88. The molecule has 0 aliphatic carbocycles. The average molecular weight is 217 g/mol. The lowest BCUT2D eigenvalue weighted by atomic mass is 10.1. The van der Waals surface area contributed by atoms with Crippen molar-refractivity contribution in [2.24, 2.45) is 0 Å². The minimum atomic E-state index is 0.933. The van der Waals surface area contributed by atoms with E-state index in [1.54, 1.807) is 0 Å². The first-order chi connectivity index (χ1) is 7.85. The van der Waals surface area contributed by atoms with Crippen LogP contribution in [0.4, 0.5) is 0 Å². The minimum absolute atomic E-state index is 0.933. The Kier molecular flexibility index (Phi) is 10.5. The molecule has 1 N–H and O–H groups in total. The molecule has 0 atom stereocenters. The van der Waals surface area contributed by atoms with E-state index in [1.165, 1.54) is 5.57 Å². The van der Waals surface area contributed by atoms with E-state index < -0.39 is 0 Å². The van der Waals surface area contributed by atoms with E-state index in [4.69, 9.17) is 0 Å². The van der Waals surface area contributed by atoms with E-state index >= 15 is 0 Å². The summed E-state index contributed by atoms with van der Waals surface area (Å²) in [5.74, 6) is 0. The van der Waals surface area contributed by atoms with Gasteiger partial charge in [0.05, 0.1) is 0 Å². The normalized spacial score (nSPS) is 13.0. The quantitative estimate of drug-likeness (QED) is 0.603. The van der Waals surface area contributed by atoms with Crippen LogP contribution in [0.5, 0.6) is 0 Å². The molecule has 0 bridgehead atoms. The Morgan fingerprint density at radius 3 is 2.56 bits per heavy atom. The fraction of sp³-hybridized carbons (Fsp3) is 0.333. The van der Waals surface area contributed by atoms with Crippen molar-refractivity contribution in [1.82, 2.24) is 5.32 Å². The van der Waals surface area contributed by atoms with Crippen LogP contribution in [-0.2, 0) is 0 Å². The Balaban J connectivity index is 4.14. The van der Waals surface area contributed by atoms with E-state index in [0.29, 0.717) is 0 Å². The second-order valence-electron chi connectivity index (χ2n) is 3.34. The monoisotopic (exact) mass is 217 g/mol. The molecule has 0 aromatic carbocycles. The topological polar surface area (TPSA) is 12.0 Å². The molecule has 0 aliphatic rings. The van der Waals surface area contributed by atoms with Crippen LogP contribution in [-0.4, -0.2) is 6.54 Å². The van der Waals surface area contributed by atoms with E-state index in [2.05, 4.69) is 56.1 Å². The van der Waals surface area contributed by atoms with Crippen molar-refractivity contribution < 1.29 is 0 Å². The maximum atomic E-state index is 3.72. The Morgan fingerprint density at radius 1 is 1.19 bits per heavy atom. The molecule has 88 valence electrons. The zero-order chi connectivity index (χ0) is 12.1. The van der Waals surface area contributed by atoms with Gasteiger partial charge in [0.1, 0.15) is 0 Å². The minimum Gasteiger partial charge on any atom is -0.391 e. The van der Waals surface area contributed by atoms with Crippen LogP contribution < -0.4 is 5.32 Å². The molecule has 0 saturated carbocycles. The predicted octanol–water partition coefficient (Wildman–Crippen LogP) is 4.13. The molecule has 1 heteroatoms. The second-order valence-corrected chi connectivity index (χ2v) is 3.34. The predicted molar refractivity (Wildman–Crippen MR) is 74.3 cm³/mol. The highest BCUT2D eigenvalue weighted by atomic mass is 14.8. The van der Waals surface area contributed by atoms with Gasteiger partial charge in [0.25, 0.3) is 0 Å². The van der Waals surface area contributed by atoms with E-state index in [1.807, 2.05) is 18.4 Å². The Morgan fingerprint density at radius 2 is 1.94 bits per heavy atom. The van der Waals surface area contributed by atoms with E-state index in [9.17, 15) is 0 Å². The van der Waals surface area contributed by atoms with Crippen molar-refractivity contribution in [3.8, 4) is 0 Å². The summed E-state index contributed by atoms with van der Waals surface area (Å²) in [6.45, 7) is 8.88. The molecule has 0 fully saturated rings. The van der Waals surface area contributed by atoms with Gasteiger partial charge in [0.2, 0.25) is 0 Å². The van der Waals surface area contributed by atoms with Gasteiger partial charge >= 0.3 is 0 Å². The summed E-state index contributed by atoms with van der Waals surface area (Å²) < 4.78 is 0. The Bertz CT molecular complexity index is 280. The fourth-order valence-electron chi connectivity index (χ4n) is 1.12. The van der Waals surface area contributed by atoms with Crippen molar-refractivity contribution in [1.29, 1.82) is 0 Å². The van der Waals surface area contributed by atoms with Crippen LogP contribution in [0, 0.1) is 0 Å². The molecule has 0 heterocycles. The third-order valence-electron chi connectivity index (χ3n) is 1.92. The Hall–Kier alpha value is -1.50. The summed E-state index contributed by atoms with van der Waals surface area (Å²) in [7, 11) is 0.